The molecule has 3 aromatic carbocycles. The number of anilines is 1. The van der Waals surface area contributed by atoms with E-state index in [-0.39, 0.29) is 11.8 Å². The number of para-hydroxylation sites is 1. The molecule has 2 aliphatic rings. The van der Waals surface area contributed by atoms with Gasteiger partial charge in [0.25, 0.3) is 11.8 Å². The summed E-state index contributed by atoms with van der Waals surface area (Å²) in [6.07, 6.45) is 9.51. The second-order valence-corrected chi connectivity index (χ2v) is 12.0. The van der Waals surface area contributed by atoms with Crippen LogP contribution in [0, 0.1) is 6.92 Å². The number of carbonyl (C=O) groups excluding carboxylic acids is 2. The lowest BCUT2D eigenvalue weighted by Gasteiger charge is -2.31. The summed E-state index contributed by atoms with van der Waals surface area (Å²) in [6.45, 7) is 4.28. The lowest BCUT2D eigenvalue weighted by atomic mass is 9.94. The van der Waals surface area contributed by atoms with Crippen molar-refractivity contribution in [2.45, 2.75) is 62.9 Å². The van der Waals surface area contributed by atoms with E-state index in [1.165, 1.54) is 49.4 Å². The van der Waals surface area contributed by atoms with E-state index in [1.807, 2.05) is 65.6 Å². The third-order valence-electron chi connectivity index (χ3n) is 8.06. The molecule has 40 heavy (non-hydrogen) atoms. The van der Waals surface area contributed by atoms with Crippen LogP contribution < -0.4 is 10.2 Å². The maximum Gasteiger partial charge on any atom is 0.265 e. The summed E-state index contributed by atoms with van der Waals surface area (Å²) in [6, 6.07) is 24.5. The lowest BCUT2D eigenvalue weighted by Crippen LogP contribution is -2.35. The van der Waals surface area contributed by atoms with Crippen molar-refractivity contribution in [1.82, 2.24) is 10.2 Å². The predicted octanol–water partition coefficient (Wildman–Crippen LogP) is 7.06. The van der Waals surface area contributed by atoms with Crippen molar-refractivity contribution in [2.75, 3.05) is 25.0 Å². The summed E-state index contributed by atoms with van der Waals surface area (Å²) in [4.78, 5) is 32.4. The van der Waals surface area contributed by atoms with Crippen LogP contribution in [0.15, 0.2) is 82.6 Å². The lowest BCUT2D eigenvalue weighted by molar-refractivity contribution is -0.114. The fourth-order valence-corrected chi connectivity index (χ4v) is 6.65. The van der Waals surface area contributed by atoms with Gasteiger partial charge < -0.3 is 15.1 Å². The average molecular weight is 554 g/mol. The fraction of sp³-hybridized carbons (Fsp3) is 0.353. The highest BCUT2D eigenvalue weighted by atomic mass is 32.2. The molecule has 0 radical (unpaired) electrons. The van der Waals surface area contributed by atoms with Crippen molar-refractivity contribution < 1.29 is 9.59 Å². The highest BCUT2D eigenvalue weighted by Crippen LogP contribution is 2.42. The van der Waals surface area contributed by atoms with Crippen molar-refractivity contribution in [3.63, 3.8) is 0 Å². The number of amides is 2. The van der Waals surface area contributed by atoms with Crippen molar-refractivity contribution in [3.8, 4) is 0 Å². The summed E-state index contributed by atoms with van der Waals surface area (Å²) in [5.74, 6) is -0.0621. The molecule has 6 heteroatoms. The molecule has 0 saturated heterocycles. The van der Waals surface area contributed by atoms with Crippen molar-refractivity contribution >= 4 is 35.3 Å². The number of fused-ring (bicyclic) bond motifs is 1. The average Bonchev–Trinajstić information content (AvgIpc) is 2.99. The van der Waals surface area contributed by atoms with Gasteiger partial charge in [0.1, 0.15) is 0 Å². The topological polar surface area (TPSA) is 52.7 Å². The standard InChI is InChI=1S/C34H39N3O2S/c1-25-11-6-7-12-28(25)24-37-30-15-8-9-16-31(30)40-32(34(37)39)23-26-17-19-27(20-18-26)33(38)35-21-10-22-36(2)29-13-4-3-5-14-29/h6-9,11-12,15-20,23,29H,3-5,10,13-14,21-22,24H2,1-2H3,(H,35,38)/b32-23-. The first kappa shape index (κ1) is 28.2. The van der Waals surface area contributed by atoms with E-state index >= 15 is 0 Å². The minimum atomic E-state index is -0.0547. The first-order valence-corrected chi connectivity index (χ1v) is 15.2. The monoisotopic (exact) mass is 553 g/mol. The molecule has 3 aromatic rings. The van der Waals surface area contributed by atoms with Crippen molar-refractivity contribution in [2.24, 2.45) is 0 Å². The molecule has 5 rings (SSSR count). The Kier molecular flexibility index (Phi) is 9.40. The number of nitrogens with zero attached hydrogens (tertiary/aromatic N) is 2. The van der Waals surface area contributed by atoms with Gasteiger partial charge in [0.15, 0.2) is 0 Å². The summed E-state index contributed by atoms with van der Waals surface area (Å²) >= 11 is 1.50. The number of thioether (sulfide) groups is 1. The SMILES string of the molecule is Cc1ccccc1CN1C(=O)/C(=C/c2ccc(C(=O)NCCCN(C)C3CCCCC3)cc2)Sc2ccccc21. The molecular weight excluding hydrogens is 514 g/mol. The molecule has 1 saturated carbocycles. The molecule has 208 valence electrons. The number of nitrogens with one attached hydrogen (secondary N) is 1. The molecule has 1 aliphatic heterocycles. The van der Waals surface area contributed by atoms with Crippen LogP contribution in [-0.4, -0.2) is 42.9 Å². The normalized spacial score (nSPS) is 16.8. The first-order valence-electron chi connectivity index (χ1n) is 14.4. The van der Waals surface area contributed by atoms with E-state index in [4.69, 9.17) is 0 Å². The highest BCUT2D eigenvalue weighted by Gasteiger charge is 2.29. The third-order valence-corrected chi connectivity index (χ3v) is 9.14. The zero-order valence-corrected chi connectivity index (χ0v) is 24.4. The maximum absolute atomic E-state index is 13.6. The summed E-state index contributed by atoms with van der Waals surface area (Å²) in [7, 11) is 2.21. The second-order valence-electron chi connectivity index (χ2n) is 10.9. The van der Waals surface area contributed by atoms with Gasteiger partial charge in [-0.25, -0.2) is 0 Å². The zero-order chi connectivity index (χ0) is 27.9. The minimum absolute atomic E-state index is 0.00744. The summed E-state index contributed by atoms with van der Waals surface area (Å²) in [5.41, 5.74) is 4.78. The van der Waals surface area contributed by atoms with E-state index in [1.54, 1.807) is 0 Å². The smallest absolute Gasteiger partial charge is 0.265 e. The molecule has 0 spiro atoms. The van der Waals surface area contributed by atoms with Crippen molar-refractivity contribution in [3.05, 3.63) is 100.0 Å². The molecule has 1 heterocycles. The Morgan fingerprint density at radius 1 is 1.00 bits per heavy atom. The minimum Gasteiger partial charge on any atom is -0.352 e. The Morgan fingerprint density at radius 2 is 1.73 bits per heavy atom. The molecule has 1 aliphatic carbocycles. The Labute approximate surface area is 242 Å². The quantitative estimate of drug-likeness (QED) is 0.228. The number of aryl methyl sites for hydroxylation is 1. The molecule has 0 atom stereocenters. The van der Waals surface area contributed by atoms with Gasteiger partial charge in [-0.2, -0.15) is 0 Å². The van der Waals surface area contributed by atoms with Gasteiger partial charge in [0, 0.05) is 23.0 Å². The molecule has 2 amide bonds. The predicted molar refractivity (Wildman–Crippen MR) is 166 cm³/mol. The maximum atomic E-state index is 13.6. The summed E-state index contributed by atoms with van der Waals surface area (Å²) in [5, 5.41) is 3.06. The Bertz CT molecular complexity index is 1360. The van der Waals surface area contributed by atoms with Crippen LogP contribution in [0.3, 0.4) is 0 Å². The Morgan fingerprint density at radius 3 is 2.50 bits per heavy atom. The molecule has 1 N–H and O–H groups in total. The number of hydrogen-bond donors (Lipinski definition) is 1. The molecule has 0 bridgehead atoms. The van der Waals surface area contributed by atoms with Crippen LogP contribution >= 0.6 is 11.8 Å². The van der Waals surface area contributed by atoms with Gasteiger partial charge in [-0.1, -0.05) is 79.6 Å². The Balaban J connectivity index is 1.21. The van der Waals surface area contributed by atoms with Crippen molar-refractivity contribution in [1.29, 1.82) is 0 Å². The molecule has 0 unspecified atom stereocenters. The molecular formula is C34H39N3O2S. The van der Waals surface area contributed by atoms with Crippen LogP contribution in [0.4, 0.5) is 5.69 Å². The van der Waals surface area contributed by atoms with Crippen LogP contribution in [0.25, 0.3) is 6.08 Å². The largest absolute Gasteiger partial charge is 0.352 e. The van der Waals surface area contributed by atoms with E-state index in [9.17, 15) is 9.59 Å². The van der Waals surface area contributed by atoms with Crippen LogP contribution in [0.1, 0.15) is 65.6 Å². The van der Waals surface area contributed by atoms with Gasteiger partial charge in [-0.05, 0) is 86.8 Å². The summed E-state index contributed by atoms with van der Waals surface area (Å²) < 4.78 is 0. The van der Waals surface area contributed by atoms with Gasteiger partial charge in [0.2, 0.25) is 0 Å². The highest BCUT2D eigenvalue weighted by molar-refractivity contribution is 8.04. The van der Waals surface area contributed by atoms with Gasteiger partial charge in [-0.3, -0.25) is 9.59 Å². The van der Waals surface area contributed by atoms with Gasteiger partial charge in [-0.15, -0.1) is 0 Å². The molecule has 5 nitrogen and oxygen atoms in total. The van der Waals surface area contributed by atoms with Crippen LogP contribution in [-0.2, 0) is 11.3 Å². The first-order chi connectivity index (χ1) is 19.5. The number of benzene rings is 3. The van der Waals surface area contributed by atoms with Gasteiger partial charge in [0.05, 0.1) is 17.1 Å². The van der Waals surface area contributed by atoms with Crippen LogP contribution in [0.5, 0.6) is 0 Å². The van der Waals surface area contributed by atoms with E-state index < -0.39 is 0 Å². The fourth-order valence-electron chi connectivity index (χ4n) is 5.60. The van der Waals surface area contributed by atoms with E-state index in [2.05, 4.69) is 42.4 Å². The van der Waals surface area contributed by atoms with E-state index in [0.717, 1.165) is 34.7 Å². The number of rotatable bonds is 9. The molecule has 0 aromatic heterocycles. The number of carbonyl (C=O) groups is 2. The Hall–Kier alpha value is -3.35. The zero-order valence-electron chi connectivity index (χ0n) is 23.6. The van der Waals surface area contributed by atoms with Crippen LogP contribution in [0.2, 0.25) is 0 Å². The van der Waals surface area contributed by atoms with Gasteiger partial charge >= 0.3 is 0 Å². The number of hydrogen-bond acceptors (Lipinski definition) is 4. The second kappa shape index (κ2) is 13.3. The molecule has 1 fully saturated rings. The third kappa shape index (κ3) is 6.86. The van der Waals surface area contributed by atoms with E-state index in [0.29, 0.717) is 29.6 Å².